The summed E-state index contributed by atoms with van der Waals surface area (Å²) in [5.74, 6) is 0. The number of allylic oxidation sites excluding steroid dienone is 8. The van der Waals surface area contributed by atoms with Crippen LogP contribution in [0.1, 0.15) is 40.5 Å². The standard InChI is InChI=1S/2C7H9.C2H4.2ClH.Ti/c2*1-6-4-3-5-7(6)2;1-2;;;/h2*4H,5H2,1-2H3;1-2H2;2*1H;/q;;;;;+2/p-2. The van der Waals surface area contributed by atoms with Crippen molar-refractivity contribution in [2.45, 2.75) is 50.0 Å². The first-order valence-corrected chi connectivity index (χ1v) is 10.5. The van der Waals surface area contributed by atoms with Gasteiger partial charge in [0.1, 0.15) is 0 Å². The molecule has 0 aromatic heterocycles. The summed E-state index contributed by atoms with van der Waals surface area (Å²) in [7, 11) is 0. The Bertz CT molecular complexity index is 473. The molecule has 0 radical (unpaired) electrons. The van der Waals surface area contributed by atoms with Crippen LogP contribution in [0.4, 0.5) is 0 Å². The zero-order chi connectivity index (χ0) is 12.2. The molecule has 2 aliphatic carbocycles. The Morgan fingerprint density at radius 3 is 1.32 bits per heavy atom. The average Bonchev–Trinajstić information content (AvgIpc) is 2.93. The molecule has 3 rings (SSSR count). The Balaban J connectivity index is 0.000000902. The van der Waals surface area contributed by atoms with Crippen LogP contribution < -0.4 is 24.8 Å². The normalized spacial score (nSPS) is 22.1. The summed E-state index contributed by atoms with van der Waals surface area (Å²) in [6.45, 7) is 9.21. The fraction of sp³-hybridized carbons (Fsp3) is 0.500. The third-order valence-corrected chi connectivity index (χ3v) is 12.2. The van der Waals surface area contributed by atoms with E-state index in [0.29, 0.717) is 0 Å². The van der Waals surface area contributed by atoms with Gasteiger partial charge in [0.2, 0.25) is 0 Å². The molecule has 0 nitrogen and oxygen atoms in total. The van der Waals surface area contributed by atoms with Gasteiger partial charge in [0.25, 0.3) is 0 Å². The van der Waals surface area contributed by atoms with Crippen molar-refractivity contribution in [2.24, 2.45) is 0 Å². The van der Waals surface area contributed by atoms with Gasteiger partial charge in [-0.2, -0.15) is 0 Å². The van der Waals surface area contributed by atoms with E-state index in [1.54, 1.807) is 31.7 Å². The van der Waals surface area contributed by atoms with Gasteiger partial charge in [0.05, 0.1) is 0 Å². The number of rotatable bonds is 2. The van der Waals surface area contributed by atoms with Gasteiger partial charge in [0, 0.05) is 0 Å². The largest absolute Gasteiger partial charge is 1.00 e. The summed E-state index contributed by atoms with van der Waals surface area (Å²) in [4.78, 5) is 0. The van der Waals surface area contributed by atoms with Gasteiger partial charge in [-0.25, -0.2) is 0 Å². The Labute approximate surface area is 133 Å². The van der Waals surface area contributed by atoms with Gasteiger partial charge in [-0.1, -0.05) is 0 Å². The molecule has 0 amide bonds. The Hall–Kier alpha value is 0.254. The minimum absolute atomic E-state index is 0. The van der Waals surface area contributed by atoms with E-state index in [4.69, 9.17) is 0 Å². The van der Waals surface area contributed by atoms with Crippen molar-refractivity contribution in [2.75, 3.05) is 0 Å². The maximum Gasteiger partial charge on any atom is -1.00 e. The van der Waals surface area contributed by atoms with Crippen LogP contribution in [-0.2, 0) is 16.6 Å². The van der Waals surface area contributed by atoms with Crippen LogP contribution in [-0.4, -0.2) is 0 Å². The van der Waals surface area contributed by atoms with Crippen LogP contribution in [0.5, 0.6) is 0 Å². The molecule has 0 atom stereocenters. The Kier molecular flexibility index (Phi) is 5.41. The first kappa shape index (κ1) is 17.3. The van der Waals surface area contributed by atoms with E-state index in [9.17, 15) is 0 Å². The summed E-state index contributed by atoms with van der Waals surface area (Å²) >= 11 is -1.67. The topological polar surface area (TPSA) is 0 Å². The third-order valence-electron chi connectivity index (χ3n) is 5.02. The second-order valence-electron chi connectivity index (χ2n) is 6.20. The number of halogens is 2. The number of hydrogen-bond donors (Lipinski definition) is 0. The summed E-state index contributed by atoms with van der Waals surface area (Å²) in [5.41, 5.74) is 6.35. The maximum atomic E-state index is 2.55. The van der Waals surface area contributed by atoms with Gasteiger partial charge in [-0.05, 0) is 0 Å². The van der Waals surface area contributed by atoms with Crippen molar-refractivity contribution in [3.63, 3.8) is 0 Å². The van der Waals surface area contributed by atoms with E-state index in [2.05, 4.69) is 39.8 Å². The van der Waals surface area contributed by atoms with Gasteiger partial charge in [-0.15, -0.1) is 0 Å². The molecule has 0 aromatic carbocycles. The molecule has 1 saturated heterocycles. The predicted octanol–water partition coefficient (Wildman–Crippen LogP) is -0.753. The summed E-state index contributed by atoms with van der Waals surface area (Å²) in [5, 5.41) is 0. The van der Waals surface area contributed by atoms with E-state index in [-0.39, 0.29) is 24.8 Å². The quantitative estimate of drug-likeness (QED) is 0.584. The molecule has 0 spiro atoms. The molecule has 1 heterocycles. The van der Waals surface area contributed by atoms with Crippen LogP contribution in [0.2, 0.25) is 9.45 Å². The first-order chi connectivity index (χ1) is 8.03. The molecule has 1 fully saturated rings. The minimum Gasteiger partial charge on any atom is -1.00 e. The molecule has 0 saturated carbocycles. The van der Waals surface area contributed by atoms with Crippen molar-refractivity contribution in [1.29, 1.82) is 0 Å². The Morgan fingerprint density at radius 2 is 1.11 bits per heavy atom. The van der Waals surface area contributed by atoms with Gasteiger partial charge in [0.15, 0.2) is 0 Å². The van der Waals surface area contributed by atoms with E-state index in [1.807, 2.05) is 7.76 Å². The molecular weight excluding hydrogens is 311 g/mol. The first-order valence-electron chi connectivity index (χ1n) is 6.78. The maximum absolute atomic E-state index is 2.55. The zero-order valence-electron chi connectivity index (χ0n) is 12.2. The molecule has 0 bridgehead atoms. The van der Waals surface area contributed by atoms with E-state index < -0.39 is 16.6 Å². The molecule has 3 aliphatic rings. The second kappa shape index (κ2) is 5.94. The van der Waals surface area contributed by atoms with Gasteiger partial charge >= 0.3 is 109 Å². The van der Waals surface area contributed by atoms with Gasteiger partial charge in [-0.3, -0.25) is 0 Å². The van der Waals surface area contributed by atoms with Crippen LogP contribution in [0.15, 0.2) is 42.2 Å². The van der Waals surface area contributed by atoms with E-state index in [0.717, 1.165) is 0 Å². The van der Waals surface area contributed by atoms with Crippen LogP contribution in [0, 0.1) is 0 Å². The van der Waals surface area contributed by atoms with Crippen LogP contribution in [0.3, 0.4) is 0 Å². The van der Waals surface area contributed by atoms with Crippen LogP contribution in [0.25, 0.3) is 0 Å². The van der Waals surface area contributed by atoms with Crippen molar-refractivity contribution in [1.82, 2.24) is 0 Å². The molecular formula is C16H22Cl2Ti. The fourth-order valence-electron chi connectivity index (χ4n) is 3.31. The van der Waals surface area contributed by atoms with Crippen molar-refractivity contribution in [3.05, 3.63) is 42.2 Å². The minimum atomic E-state index is -1.67. The third kappa shape index (κ3) is 2.83. The molecule has 0 aromatic rings. The van der Waals surface area contributed by atoms with Crippen molar-refractivity contribution in [3.8, 4) is 0 Å². The van der Waals surface area contributed by atoms with Crippen molar-refractivity contribution < 1.29 is 41.4 Å². The van der Waals surface area contributed by atoms with Gasteiger partial charge < -0.3 is 24.8 Å². The molecule has 0 N–H and O–H groups in total. The number of hydrogen-bond acceptors (Lipinski definition) is 0. The van der Waals surface area contributed by atoms with E-state index in [1.165, 1.54) is 12.8 Å². The molecule has 19 heavy (non-hydrogen) atoms. The Morgan fingerprint density at radius 1 is 0.737 bits per heavy atom. The summed E-state index contributed by atoms with van der Waals surface area (Å²) < 4.78 is 6.90. The smallest absolute Gasteiger partial charge is 1.00 e. The zero-order valence-corrected chi connectivity index (χ0v) is 15.3. The van der Waals surface area contributed by atoms with E-state index >= 15 is 0 Å². The molecule has 1 aliphatic heterocycles. The second-order valence-corrected chi connectivity index (χ2v) is 13.1. The van der Waals surface area contributed by atoms with Crippen LogP contribution >= 0.6 is 0 Å². The van der Waals surface area contributed by atoms with Crippen molar-refractivity contribution >= 4 is 0 Å². The average molecular weight is 333 g/mol. The fourth-order valence-corrected chi connectivity index (χ4v) is 11.4. The summed E-state index contributed by atoms with van der Waals surface area (Å²) in [6.07, 6.45) is 7.71. The molecule has 0 unspecified atom stereocenters. The SMILES string of the molecule is CC1=C(C)C[C]([Ti+2]2([C]3=CC(C)=C(C)C3)[CH2][CH2]2)=C1.[Cl-].[Cl-]. The monoisotopic (exact) mass is 332 g/mol. The summed E-state index contributed by atoms with van der Waals surface area (Å²) in [6, 6.07) is 0. The predicted molar refractivity (Wildman–Crippen MR) is 71.8 cm³/mol. The molecule has 3 heteroatoms. The molecule has 104 valence electrons.